The van der Waals surface area contributed by atoms with Crippen molar-refractivity contribution in [3.63, 3.8) is 0 Å². The van der Waals surface area contributed by atoms with Gasteiger partial charge in [0.2, 0.25) is 0 Å². The van der Waals surface area contributed by atoms with Crippen LogP contribution >= 0.6 is 0 Å². The first kappa shape index (κ1) is 23.4. The molecule has 172 valence electrons. The van der Waals surface area contributed by atoms with E-state index in [2.05, 4.69) is 5.32 Å². The fourth-order valence-corrected chi connectivity index (χ4v) is 3.70. The van der Waals surface area contributed by atoms with Crippen molar-refractivity contribution in [3.05, 3.63) is 59.7 Å². The molecule has 1 heterocycles. The average molecular weight is 441 g/mol. The first-order chi connectivity index (χ1) is 15.2. The van der Waals surface area contributed by atoms with E-state index in [0.29, 0.717) is 24.5 Å². The lowest BCUT2D eigenvalue weighted by Gasteiger charge is -2.34. The maximum absolute atomic E-state index is 12.3. The highest BCUT2D eigenvalue weighted by molar-refractivity contribution is 5.85. The molecule has 1 aliphatic heterocycles. The van der Waals surface area contributed by atoms with Gasteiger partial charge in [-0.25, -0.2) is 9.59 Å². The number of hydrogen-bond acceptors (Lipinski definition) is 5. The molecule has 7 nitrogen and oxygen atoms in total. The van der Waals surface area contributed by atoms with Crippen LogP contribution in [0.4, 0.5) is 15.3 Å². The molecule has 0 aromatic heterocycles. The third-order valence-corrected chi connectivity index (χ3v) is 5.28. The fraction of sp³-hybridized carbons (Fsp3) is 0.440. The van der Waals surface area contributed by atoms with Crippen molar-refractivity contribution in [1.82, 2.24) is 4.90 Å². The number of hydrogen-bond donors (Lipinski definition) is 1. The van der Waals surface area contributed by atoms with Crippen LogP contribution in [-0.2, 0) is 16.1 Å². The largest absolute Gasteiger partial charge is 0.496 e. The van der Waals surface area contributed by atoms with E-state index in [1.165, 1.54) is 0 Å². The molecule has 7 heteroatoms. The zero-order valence-corrected chi connectivity index (χ0v) is 19.2. The van der Waals surface area contributed by atoms with Crippen molar-refractivity contribution >= 4 is 17.9 Å². The number of anilines is 1. The van der Waals surface area contributed by atoms with Crippen molar-refractivity contribution in [1.29, 1.82) is 0 Å². The van der Waals surface area contributed by atoms with Gasteiger partial charge < -0.3 is 19.1 Å². The second-order valence-corrected chi connectivity index (χ2v) is 8.89. The number of nitrogens with zero attached hydrogens (tertiary/aromatic N) is 1. The molecule has 0 unspecified atom stereocenters. The zero-order valence-electron chi connectivity index (χ0n) is 19.2. The summed E-state index contributed by atoms with van der Waals surface area (Å²) in [7, 11) is 1.62. The predicted octanol–water partition coefficient (Wildman–Crippen LogP) is 5.56. The normalized spacial score (nSPS) is 14.6. The smallest absolute Gasteiger partial charge is 0.411 e. The second kappa shape index (κ2) is 10.4. The van der Waals surface area contributed by atoms with Gasteiger partial charge in [0.05, 0.1) is 7.11 Å². The van der Waals surface area contributed by atoms with Gasteiger partial charge in [0.15, 0.2) is 0 Å². The van der Waals surface area contributed by atoms with Crippen LogP contribution in [-0.4, -0.2) is 42.9 Å². The quantitative estimate of drug-likeness (QED) is 0.659. The Labute approximate surface area is 189 Å². The summed E-state index contributed by atoms with van der Waals surface area (Å²) >= 11 is 0. The second-order valence-electron chi connectivity index (χ2n) is 8.89. The molecule has 2 aromatic rings. The highest BCUT2D eigenvalue weighted by Crippen LogP contribution is 2.36. The summed E-state index contributed by atoms with van der Waals surface area (Å²) in [5.41, 5.74) is 2.10. The summed E-state index contributed by atoms with van der Waals surface area (Å²) < 4.78 is 16.3. The Morgan fingerprint density at radius 1 is 1.06 bits per heavy atom. The molecule has 32 heavy (non-hydrogen) atoms. The van der Waals surface area contributed by atoms with Crippen LogP contribution in [0.1, 0.15) is 50.7 Å². The summed E-state index contributed by atoms with van der Waals surface area (Å²) in [6.45, 7) is 7.09. The van der Waals surface area contributed by atoms with E-state index in [1.807, 2.05) is 63.2 Å². The third kappa shape index (κ3) is 6.64. The molecule has 2 aromatic carbocycles. The summed E-state index contributed by atoms with van der Waals surface area (Å²) in [6.07, 6.45) is 0.856. The summed E-state index contributed by atoms with van der Waals surface area (Å²) in [6, 6.07) is 15.1. The molecule has 0 radical (unpaired) electrons. The van der Waals surface area contributed by atoms with Gasteiger partial charge in [-0.3, -0.25) is 5.32 Å². The Hall–Kier alpha value is -3.22. The van der Waals surface area contributed by atoms with Crippen molar-refractivity contribution < 1.29 is 23.8 Å². The first-order valence-corrected chi connectivity index (χ1v) is 10.9. The SMILES string of the molecule is COc1cc(NC(=O)OCc2ccccc2)ccc1C1CCN(C(=O)OC(C)(C)C)CC1. The monoisotopic (exact) mass is 440 g/mol. The van der Waals surface area contributed by atoms with E-state index in [1.54, 1.807) is 18.1 Å². The number of rotatable bonds is 5. The predicted molar refractivity (Wildman–Crippen MR) is 123 cm³/mol. The van der Waals surface area contributed by atoms with Crippen LogP contribution in [0.25, 0.3) is 0 Å². The maximum Gasteiger partial charge on any atom is 0.411 e. The van der Waals surface area contributed by atoms with Crippen LogP contribution in [0, 0.1) is 0 Å². The number of carbonyl (C=O) groups is 2. The molecule has 2 amide bonds. The Balaban J connectivity index is 1.56. The van der Waals surface area contributed by atoms with Gasteiger partial charge in [-0.2, -0.15) is 0 Å². The van der Waals surface area contributed by atoms with E-state index in [4.69, 9.17) is 14.2 Å². The molecule has 3 rings (SSSR count). The number of carbonyl (C=O) groups excluding carboxylic acids is 2. The van der Waals surface area contributed by atoms with Gasteiger partial charge in [0, 0.05) is 24.8 Å². The molecule has 0 aliphatic carbocycles. The van der Waals surface area contributed by atoms with Crippen LogP contribution in [0.2, 0.25) is 0 Å². The number of methoxy groups -OCH3 is 1. The number of nitrogens with one attached hydrogen (secondary N) is 1. The van der Waals surface area contributed by atoms with Crippen molar-refractivity contribution in [2.24, 2.45) is 0 Å². The minimum absolute atomic E-state index is 0.206. The van der Waals surface area contributed by atoms with Gasteiger partial charge in [-0.05, 0) is 56.7 Å². The van der Waals surface area contributed by atoms with E-state index < -0.39 is 11.7 Å². The van der Waals surface area contributed by atoms with Gasteiger partial charge in [-0.1, -0.05) is 36.4 Å². The van der Waals surface area contributed by atoms with Crippen molar-refractivity contribution in [3.8, 4) is 5.75 Å². The standard InChI is InChI=1S/C25H32N2O5/c1-25(2,3)32-24(29)27-14-12-19(13-15-27)21-11-10-20(16-22(21)30-4)26-23(28)31-17-18-8-6-5-7-9-18/h5-11,16,19H,12-15,17H2,1-4H3,(H,26,28). The van der Waals surface area contributed by atoms with E-state index in [0.717, 1.165) is 24.0 Å². The first-order valence-electron chi connectivity index (χ1n) is 10.9. The lowest BCUT2D eigenvalue weighted by atomic mass is 9.88. The molecule has 0 bridgehead atoms. The minimum atomic E-state index is -0.519. The minimum Gasteiger partial charge on any atom is -0.496 e. The highest BCUT2D eigenvalue weighted by Gasteiger charge is 2.28. The van der Waals surface area contributed by atoms with Crippen LogP contribution in [0.5, 0.6) is 5.75 Å². The zero-order chi connectivity index (χ0) is 23.1. The number of ether oxygens (including phenoxy) is 3. The fourth-order valence-electron chi connectivity index (χ4n) is 3.70. The third-order valence-electron chi connectivity index (χ3n) is 5.28. The van der Waals surface area contributed by atoms with E-state index in [-0.39, 0.29) is 18.6 Å². The van der Waals surface area contributed by atoms with Crippen LogP contribution < -0.4 is 10.1 Å². The number of likely N-dealkylation sites (tertiary alicyclic amines) is 1. The molecular formula is C25H32N2O5. The van der Waals surface area contributed by atoms with Crippen LogP contribution in [0.3, 0.4) is 0 Å². The van der Waals surface area contributed by atoms with Crippen molar-refractivity contribution in [2.75, 3.05) is 25.5 Å². The molecule has 0 atom stereocenters. The van der Waals surface area contributed by atoms with Gasteiger partial charge in [-0.15, -0.1) is 0 Å². The molecule has 0 saturated carbocycles. The molecule has 1 N–H and O–H groups in total. The number of amides is 2. The lowest BCUT2D eigenvalue weighted by molar-refractivity contribution is 0.0204. The molecule has 1 saturated heterocycles. The Kier molecular flexibility index (Phi) is 7.62. The lowest BCUT2D eigenvalue weighted by Crippen LogP contribution is -2.41. The topological polar surface area (TPSA) is 77.1 Å². The van der Waals surface area contributed by atoms with Gasteiger partial charge in [0.1, 0.15) is 18.0 Å². The van der Waals surface area contributed by atoms with Crippen LogP contribution in [0.15, 0.2) is 48.5 Å². The van der Waals surface area contributed by atoms with Gasteiger partial charge in [0.25, 0.3) is 0 Å². The van der Waals surface area contributed by atoms with Gasteiger partial charge >= 0.3 is 12.2 Å². The molecule has 0 spiro atoms. The van der Waals surface area contributed by atoms with E-state index >= 15 is 0 Å². The van der Waals surface area contributed by atoms with E-state index in [9.17, 15) is 9.59 Å². The Morgan fingerprint density at radius 2 is 1.75 bits per heavy atom. The molecule has 1 aliphatic rings. The van der Waals surface area contributed by atoms with Crippen molar-refractivity contribution in [2.45, 2.75) is 51.7 Å². The summed E-state index contributed by atoms with van der Waals surface area (Å²) in [5, 5.41) is 2.75. The highest BCUT2D eigenvalue weighted by atomic mass is 16.6. The number of benzene rings is 2. The average Bonchev–Trinajstić information content (AvgIpc) is 2.77. The Bertz CT molecular complexity index is 916. The Morgan fingerprint density at radius 3 is 2.38 bits per heavy atom. The molecule has 1 fully saturated rings. The summed E-state index contributed by atoms with van der Waals surface area (Å²) in [4.78, 5) is 26.2. The summed E-state index contributed by atoms with van der Waals surface area (Å²) in [5.74, 6) is 0.976. The number of piperidine rings is 1. The maximum atomic E-state index is 12.3. The molecular weight excluding hydrogens is 408 g/mol.